The average molecular weight is 189 g/mol. The van der Waals surface area contributed by atoms with Crippen molar-refractivity contribution in [1.82, 2.24) is 5.32 Å². The third kappa shape index (κ3) is 8.22. The van der Waals surface area contributed by atoms with Crippen molar-refractivity contribution in [2.45, 2.75) is 39.3 Å². The molecule has 0 fully saturated rings. The Bertz CT molecular complexity index is 121. The fourth-order valence-corrected chi connectivity index (χ4v) is 0.825. The fraction of sp³-hybridized carbons (Fsp3) is 1.00. The first-order valence-electron chi connectivity index (χ1n) is 4.88. The Morgan fingerprint density at radius 3 is 2.23 bits per heavy atom. The smallest absolute Gasteiger partial charge is 0.0649 e. The van der Waals surface area contributed by atoms with Crippen molar-refractivity contribution in [3.8, 4) is 0 Å². The highest BCUT2D eigenvalue weighted by Gasteiger charge is 2.13. The van der Waals surface area contributed by atoms with Gasteiger partial charge in [-0.05, 0) is 34.7 Å². The second-order valence-electron chi connectivity index (χ2n) is 4.07. The molecule has 0 heterocycles. The molecule has 0 bridgehead atoms. The maximum atomic E-state index is 5.64. The predicted molar refractivity (Wildman–Crippen MR) is 55.0 cm³/mol. The van der Waals surface area contributed by atoms with Crippen molar-refractivity contribution in [3.63, 3.8) is 0 Å². The van der Waals surface area contributed by atoms with E-state index >= 15 is 0 Å². The van der Waals surface area contributed by atoms with Gasteiger partial charge in [-0.25, -0.2) is 0 Å². The lowest BCUT2D eigenvalue weighted by atomic mass is 10.2. The summed E-state index contributed by atoms with van der Waals surface area (Å²) in [6, 6.07) is 0.291. The van der Waals surface area contributed by atoms with E-state index in [2.05, 4.69) is 26.1 Å². The number of ether oxygens (including phenoxy) is 2. The summed E-state index contributed by atoms with van der Waals surface area (Å²) >= 11 is 0. The highest BCUT2D eigenvalue weighted by Crippen LogP contribution is 2.06. The summed E-state index contributed by atoms with van der Waals surface area (Å²) in [4.78, 5) is 0. The fourth-order valence-electron chi connectivity index (χ4n) is 0.825. The molecule has 0 saturated heterocycles. The lowest BCUT2D eigenvalue weighted by Gasteiger charge is -2.24. The molecule has 0 rings (SSSR count). The Morgan fingerprint density at radius 1 is 1.23 bits per heavy atom. The summed E-state index contributed by atoms with van der Waals surface area (Å²) in [5.41, 5.74) is -0.0681. The van der Waals surface area contributed by atoms with Gasteiger partial charge in [0, 0.05) is 6.61 Å². The SMILES string of the molecule is CCOCC(COC(C)(C)C)NC. The van der Waals surface area contributed by atoms with E-state index in [-0.39, 0.29) is 5.60 Å². The molecule has 1 unspecified atom stereocenters. The Hall–Kier alpha value is -0.120. The third-order valence-electron chi connectivity index (χ3n) is 1.65. The van der Waals surface area contributed by atoms with Crippen molar-refractivity contribution in [2.24, 2.45) is 0 Å². The minimum Gasteiger partial charge on any atom is -0.380 e. The van der Waals surface area contributed by atoms with E-state index in [0.29, 0.717) is 19.3 Å². The zero-order valence-electron chi connectivity index (χ0n) is 9.52. The van der Waals surface area contributed by atoms with Gasteiger partial charge in [0.05, 0.1) is 24.9 Å². The second kappa shape index (κ2) is 6.35. The van der Waals surface area contributed by atoms with Crippen LogP contribution in [-0.2, 0) is 9.47 Å². The number of hydrogen-bond acceptors (Lipinski definition) is 3. The van der Waals surface area contributed by atoms with Gasteiger partial charge in [0.15, 0.2) is 0 Å². The van der Waals surface area contributed by atoms with Crippen LogP contribution in [0.25, 0.3) is 0 Å². The third-order valence-corrected chi connectivity index (χ3v) is 1.65. The quantitative estimate of drug-likeness (QED) is 0.685. The lowest BCUT2D eigenvalue weighted by Crippen LogP contribution is -2.37. The van der Waals surface area contributed by atoms with E-state index in [1.54, 1.807) is 0 Å². The van der Waals surface area contributed by atoms with Crippen LogP contribution >= 0.6 is 0 Å². The average Bonchev–Trinajstić information content (AvgIpc) is 2.03. The summed E-state index contributed by atoms with van der Waals surface area (Å²) in [5, 5.41) is 3.16. The molecule has 0 aromatic rings. The molecule has 0 aliphatic carbocycles. The molecule has 3 heteroatoms. The molecule has 0 aliphatic heterocycles. The highest BCUT2D eigenvalue weighted by molar-refractivity contribution is 4.66. The molecule has 0 radical (unpaired) electrons. The van der Waals surface area contributed by atoms with Crippen molar-refractivity contribution in [1.29, 1.82) is 0 Å². The van der Waals surface area contributed by atoms with Gasteiger partial charge in [0.2, 0.25) is 0 Å². The van der Waals surface area contributed by atoms with E-state index in [1.165, 1.54) is 0 Å². The molecule has 1 N–H and O–H groups in total. The molecule has 0 spiro atoms. The summed E-state index contributed by atoms with van der Waals surface area (Å²) in [5.74, 6) is 0. The minimum absolute atomic E-state index is 0.0681. The van der Waals surface area contributed by atoms with Crippen molar-refractivity contribution in [3.05, 3.63) is 0 Å². The Kier molecular flexibility index (Phi) is 6.29. The molecular formula is C10H23NO2. The molecular weight excluding hydrogens is 166 g/mol. The van der Waals surface area contributed by atoms with Crippen LogP contribution in [0.2, 0.25) is 0 Å². The summed E-state index contributed by atoms with van der Waals surface area (Å²) in [6.07, 6.45) is 0. The predicted octanol–water partition coefficient (Wildman–Crippen LogP) is 1.43. The first-order valence-corrected chi connectivity index (χ1v) is 4.88. The van der Waals surface area contributed by atoms with Gasteiger partial charge in [-0.15, -0.1) is 0 Å². The topological polar surface area (TPSA) is 30.5 Å². The normalized spacial score (nSPS) is 14.5. The summed E-state index contributed by atoms with van der Waals surface area (Å²) in [7, 11) is 1.93. The van der Waals surface area contributed by atoms with Crippen LogP contribution in [0.5, 0.6) is 0 Å². The highest BCUT2D eigenvalue weighted by atomic mass is 16.5. The van der Waals surface area contributed by atoms with Gasteiger partial charge in [0.1, 0.15) is 0 Å². The molecule has 0 aromatic carbocycles. The van der Waals surface area contributed by atoms with Crippen molar-refractivity contribution < 1.29 is 9.47 Å². The van der Waals surface area contributed by atoms with E-state index in [9.17, 15) is 0 Å². The van der Waals surface area contributed by atoms with E-state index < -0.39 is 0 Å². The van der Waals surface area contributed by atoms with Crippen LogP contribution in [-0.4, -0.2) is 38.5 Å². The molecule has 0 aliphatic rings. The van der Waals surface area contributed by atoms with Gasteiger partial charge in [-0.1, -0.05) is 0 Å². The van der Waals surface area contributed by atoms with Gasteiger partial charge in [-0.3, -0.25) is 0 Å². The molecule has 0 aromatic heterocycles. The second-order valence-corrected chi connectivity index (χ2v) is 4.07. The lowest BCUT2D eigenvalue weighted by molar-refractivity contribution is -0.0261. The zero-order chi connectivity index (χ0) is 10.3. The number of likely N-dealkylation sites (N-methyl/N-ethyl adjacent to an activating group) is 1. The Balaban J connectivity index is 3.59. The van der Waals surface area contributed by atoms with Crippen LogP contribution in [0.3, 0.4) is 0 Å². The summed E-state index contributed by atoms with van der Waals surface area (Å²) < 4.78 is 10.9. The minimum atomic E-state index is -0.0681. The van der Waals surface area contributed by atoms with Gasteiger partial charge >= 0.3 is 0 Å². The molecule has 80 valence electrons. The molecule has 0 saturated carbocycles. The first-order chi connectivity index (χ1) is 5.99. The molecule has 13 heavy (non-hydrogen) atoms. The molecule has 1 atom stereocenters. The number of rotatable bonds is 6. The van der Waals surface area contributed by atoms with Gasteiger partial charge in [0.25, 0.3) is 0 Å². The Morgan fingerprint density at radius 2 is 1.85 bits per heavy atom. The maximum absolute atomic E-state index is 5.64. The van der Waals surface area contributed by atoms with Crippen LogP contribution in [0.4, 0.5) is 0 Å². The first kappa shape index (κ1) is 12.9. The maximum Gasteiger partial charge on any atom is 0.0649 e. The zero-order valence-corrected chi connectivity index (χ0v) is 9.52. The number of hydrogen-bond donors (Lipinski definition) is 1. The van der Waals surface area contributed by atoms with E-state index in [0.717, 1.165) is 6.61 Å². The van der Waals surface area contributed by atoms with Gasteiger partial charge in [-0.2, -0.15) is 0 Å². The standard InChI is InChI=1S/C10H23NO2/c1-6-12-7-9(11-5)8-13-10(2,3)4/h9,11H,6-8H2,1-5H3. The van der Waals surface area contributed by atoms with E-state index in [4.69, 9.17) is 9.47 Å². The largest absolute Gasteiger partial charge is 0.380 e. The monoisotopic (exact) mass is 189 g/mol. The summed E-state index contributed by atoms with van der Waals surface area (Å²) in [6.45, 7) is 10.3. The van der Waals surface area contributed by atoms with E-state index in [1.807, 2.05) is 14.0 Å². The van der Waals surface area contributed by atoms with Crippen LogP contribution in [0, 0.1) is 0 Å². The van der Waals surface area contributed by atoms with Crippen LogP contribution in [0.15, 0.2) is 0 Å². The van der Waals surface area contributed by atoms with Crippen LogP contribution in [0.1, 0.15) is 27.7 Å². The van der Waals surface area contributed by atoms with Crippen LogP contribution < -0.4 is 5.32 Å². The van der Waals surface area contributed by atoms with Crippen molar-refractivity contribution >= 4 is 0 Å². The molecule has 3 nitrogen and oxygen atoms in total. The van der Waals surface area contributed by atoms with Gasteiger partial charge < -0.3 is 14.8 Å². The molecule has 0 amide bonds. The van der Waals surface area contributed by atoms with Crippen molar-refractivity contribution in [2.75, 3.05) is 26.9 Å². The Labute approximate surface area is 81.8 Å². The number of nitrogens with one attached hydrogen (secondary N) is 1.